The summed E-state index contributed by atoms with van der Waals surface area (Å²) in [6, 6.07) is 4.06. The van der Waals surface area contributed by atoms with Gasteiger partial charge in [-0.2, -0.15) is 0 Å². The van der Waals surface area contributed by atoms with Gasteiger partial charge in [0.25, 0.3) is 0 Å². The van der Waals surface area contributed by atoms with Crippen molar-refractivity contribution in [2.45, 2.75) is 34.6 Å². The van der Waals surface area contributed by atoms with Crippen LogP contribution in [-0.4, -0.2) is 37.2 Å². The van der Waals surface area contributed by atoms with E-state index in [1.807, 2.05) is 51.2 Å². The maximum Gasteiger partial charge on any atom is 0.129 e. The van der Waals surface area contributed by atoms with E-state index in [1.165, 1.54) is 0 Å². The van der Waals surface area contributed by atoms with E-state index < -0.39 is 0 Å². The highest BCUT2D eigenvalue weighted by Gasteiger charge is 2.06. The molecule has 0 aliphatic heterocycles. The number of rotatable bonds is 10. The molecule has 1 aromatic rings. The summed E-state index contributed by atoms with van der Waals surface area (Å²) < 4.78 is 5.84. The lowest BCUT2D eigenvalue weighted by Crippen LogP contribution is -2.14. The third kappa shape index (κ3) is 6.84. The third-order valence-electron chi connectivity index (χ3n) is 3.30. The van der Waals surface area contributed by atoms with E-state index in [0.29, 0.717) is 6.61 Å². The summed E-state index contributed by atoms with van der Waals surface area (Å²) in [5.41, 5.74) is 5.97. The number of hydroxylamine groups is 1. The van der Waals surface area contributed by atoms with Gasteiger partial charge in [0.15, 0.2) is 0 Å². The zero-order chi connectivity index (χ0) is 17.9. The molecule has 0 bridgehead atoms. The zero-order valence-electron chi connectivity index (χ0n) is 15.5. The molecule has 0 spiro atoms. The summed E-state index contributed by atoms with van der Waals surface area (Å²) >= 11 is 1.63. The number of aryl methyl sites for hydroxylation is 2. The molecule has 0 amide bonds. The molecule has 134 valence electrons. The largest absolute Gasteiger partial charge is 0.462 e. The van der Waals surface area contributed by atoms with E-state index in [-0.39, 0.29) is 0 Å². The van der Waals surface area contributed by atoms with Crippen molar-refractivity contribution in [1.82, 2.24) is 10.4 Å². The van der Waals surface area contributed by atoms with E-state index >= 15 is 0 Å². The molecule has 0 saturated heterocycles. The Morgan fingerprint density at radius 3 is 2.62 bits per heavy atom. The molecule has 0 heterocycles. The number of hydrogen-bond donors (Lipinski definition) is 1. The van der Waals surface area contributed by atoms with Crippen LogP contribution in [0.2, 0.25) is 0 Å². The van der Waals surface area contributed by atoms with Gasteiger partial charge in [-0.15, -0.1) is 11.8 Å². The first-order chi connectivity index (χ1) is 11.5. The van der Waals surface area contributed by atoms with Gasteiger partial charge in [-0.25, -0.2) is 4.99 Å². The average Bonchev–Trinajstić information content (AvgIpc) is 2.57. The number of thioether (sulfide) groups is 1. The molecule has 0 aliphatic carbocycles. The second kappa shape index (κ2) is 11.0. The Morgan fingerprint density at radius 2 is 2.00 bits per heavy atom. The van der Waals surface area contributed by atoms with Gasteiger partial charge in [-0.05, 0) is 56.7 Å². The van der Waals surface area contributed by atoms with Crippen molar-refractivity contribution < 1.29 is 9.57 Å². The average molecular weight is 352 g/mol. The molecule has 0 saturated carbocycles. The number of nitrogens with one attached hydrogen (secondary N) is 1. The highest BCUT2D eigenvalue weighted by molar-refractivity contribution is 8.02. The van der Waals surface area contributed by atoms with Gasteiger partial charge in [-0.1, -0.05) is 6.92 Å². The molecule has 24 heavy (non-hydrogen) atoms. The van der Waals surface area contributed by atoms with Gasteiger partial charge >= 0.3 is 0 Å². The van der Waals surface area contributed by atoms with Crippen LogP contribution < -0.4 is 10.2 Å². The number of ether oxygens (including phenoxy) is 1. The van der Waals surface area contributed by atoms with E-state index in [0.717, 1.165) is 39.9 Å². The molecule has 0 atom stereocenters. The van der Waals surface area contributed by atoms with Crippen LogP contribution in [0.1, 0.15) is 31.9 Å². The van der Waals surface area contributed by atoms with Crippen LogP contribution in [0.5, 0.6) is 5.75 Å². The maximum atomic E-state index is 5.84. The van der Waals surface area contributed by atoms with Gasteiger partial charge in [0.2, 0.25) is 0 Å². The highest BCUT2D eigenvalue weighted by atomic mass is 32.2. The molecule has 0 aromatic heterocycles. The van der Waals surface area contributed by atoms with Gasteiger partial charge in [-0.3, -0.25) is 10.3 Å². The molecule has 1 aromatic carbocycles. The minimum atomic E-state index is 0.596. The molecule has 5 nitrogen and oxygen atoms in total. The summed E-state index contributed by atoms with van der Waals surface area (Å²) in [7, 11) is 2.01. The Kier molecular flexibility index (Phi) is 9.34. The summed E-state index contributed by atoms with van der Waals surface area (Å²) in [5, 5.41) is 0.850. The molecular weight excluding hydrogens is 322 g/mol. The number of hydrogen-bond acceptors (Lipinski definition) is 5. The first-order valence-electron chi connectivity index (χ1n) is 8.24. The molecule has 0 radical (unpaired) electrons. The fourth-order valence-corrected chi connectivity index (χ4v) is 2.33. The van der Waals surface area contributed by atoms with E-state index in [1.54, 1.807) is 18.0 Å². The second-order valence-electron chi connectivity index (χ2n) is 5.29. The van der Waals surface area contributed by atoms with E-state index in [4.69, 9.17) is 9.57 Å². The number of nitrogens with zero attached hydrogens (tertiary/aromatic N) is 2. The summed E-state index contributed by atoms with van der Waals surface area (Å²) in [4.78, 5) is 11.8. The molecule has 0 aliphatic rings. The Hall–Kier alpha value is -1.66. The predicted molar refractivity (Wildman–Crippen MR) is 104 cm³/mol. The van der Waals surface area contributed by atoms with Crippen molar-refractivity contribution in [1.29, 1.82) is 0 Å². The minimum Gasteiger partial charge on any atom is -0.462 e. The summed E-state index contributed by atoms with van der Waals surface area (Å²) in [6.07, 6.45) is 3.55. The van der Waals surface area contributed by atoms with Gasteiger partial charge < -0.3 is 9.64 Å². The molecule has 0 fully saturated rings. The van der Waals surface area contributed by atoms with Crippen LogP contribution in [0, 0.1) is 13.8 Å². The monoisotopic (exact) mass is 351 g/mol. The van der Waals surface area contributed by atoms with Crippen molar-refractivity contribution in [2.75, 3.05) is 26.0 Å². The molecule has 0 unspecified atom stereocenters. The normalized spacial score (nSPS) is 11.8. The van der Waals surface area contributed by atoms with Gasteiger partial charge in [0, 0.05) is 13.6 Å². The second-order valence-corrected chi connectivity index (χ2v) is 6.60. The Morgan fingerprint density at radius 1 is 1.25 bits per heavy atom. The van der Waals surface area contributed by atoms with Crippen LogP contribution in [0.25, 0.3) is 0 Å². The fraction of sp³-hybridized carbons (Fsp3) is 0.500. The number of benzene rings is 1. The summed E-state index contributed by atoms with van der Waals surface area (Å²) in [5.74, 6) is 1.76. The van der Waals surface area contributed by atoms with Crippen molar-refractivity contribution in [3.8, 4) is 5.75 Å². The van der Waals surface area contributed by atoms with Crippen LogP contribution in [0.4, 0.5) is 5.69 Å². The Labute approximate surface area is 150 Å². The number of aliphatic imine (C=N–C) groups is 1. The first-order valence-corrected chi connectivity index (χ1v) is 9.23. The van der Waals surface area contributed by atoms with Crippen LogP contribution in [0.3, 0.4) is 0 Å². The molecule has 1 rings (SSSR count). The van der Waals surface area contributed by atoms with Crippen LogP contribution >= 0.6 is 11.8 Å². The standard InChI is InChI=1S/C18H29N3O2S/c1-7-21(6)13-19-16-10-15(5)17(11-14(16)4)22-12-18(24-9-3)20-23-8-2/h10-13,20H,7-9H2,1-6H3. The van der Waals surface area contributed by atoms with Crippen molar-refractivity contribution in [3.05, 3.63) is 34.6 Å². The quantitative estimate of drug-likeness (QED) is 0.293. The third-order valence-corrected chi connectivity index (χ3v) is 4.08. The lowest BCUT2D eigenvalue weighted by atomic mass is 10.1. The van der Waals surface area contributed by atoms with Crippen molar-refractivity contribution in [2.24, 2.45) is 4.99 Å². The van der Waals surface area contributed by atoms with E-state index in [2.05, 4.69) is 24.3 Å². The smallest absolute Gasteiger partial charge is 0.129 e. The Balaban J connectivity index is 2.89. The molecule has 6 heteroatoms. The van der Waals surface area contributed by atoms with Gasteiger partial charge in [0.05, 0.1) is 18.6 Å². The Bertz CT molecular complexity index is 574. The maximum absolute atomic E-state index is 5.84. The lowest BCUT2D eigenvalue weighted by molar-refractivity contribution is 0.0784. The topological polar surface area (TPSA) is 46.1 Å². The lowest BCUT2D eigenvalue weighted by Gasteiger charge is -2.12. The predicted octanol–water partition coefficient (Wildman–Crippen LogP) is 4.39. The first kappa shape index (κ1) is 20.4. The van der Waals surface area contributed by atoms with Gasteiger partial charge in [0.1, 0.15) is 17.0 Å². The van der Waals surface area contributed by atoms with Crippen molar-refractivity contribution in [3.63, 3.8) is 0 Å². The SMILES string of the molecule is CCONC(=COc1cc(C)c(N=CN(C)CC)cc1C)SCC. The van der Waals surface area contributed by atoms with Crippen LogP contribution in [0.15, 0.2) is 28.4 Å². The highest BCUT2D eigenvalue weighted by Crippen LogP contribution is 2.28. The molecular formula is C18H29N3O2S. The van der Waals surface area contributed by atoms with E-state index in [9.17, 15) is 0 Å². The minimum absolute atomic E-state index is 0.596. The van der Waals surface area contributed by atoms with Crippen molar-refractivity contribution >= 4 is 23.8 Å². The summed E-state index contributed by atoms with van der Waals surface area (Å²) in [6.45, 7) is 11.7. The fourth-order valence-electron chi connectivity index (χ4n) is 1.79. The zero-order valence-corrected chi connectivity index (χ0v) is 16.4. The molecule has 1 N–H and O–H groups in total. The van der Waals surface area contributed by atoms with Crippen LogP contribution in [-0.2, 0) is 4.84 Å².